The van der Waals surface area contributed by atoms with Crippen molar-refractivity contribution in [2.24, 2.45) is 5.10 Å². The number of anilines is 1. The maximum absolute atomic E-state index is 13.7. The molecule has 0 aromatic heterocycles. The van der Waals surface area contributed by atoms with Crippen LogP contribution in [0.15, 0.2) is 70.7 Å². The highest BCUT2D eigenvalue weighted by molar-refractivity contribution is 7.92. The largest absolute Gasteiger partial charge is 0.513 e. The predicted octanol–water partition coefficient (Wildman–Crippen LogP) is 3.51. The van der Waals surface area contributed by atoms with Gasteiger partial charge in [0.2, 0.25) is 0 Å². The number of hydrazone groups is 1. The average molecular weight is 572 g/mol. The van der Waals surface area contributed by atoms with Gasteiger partial charge in [0, 0.05) is 6.07 Å². The summed E-state index contributed by atoms with van der Waals surface area (Å²) in [7, 11) is 1.23. The van der Waals surface area contributed by atoms with Crippen molar-refractivity contribution >= 4 is 34.0 Å². The molecule has 0 spiro atoms. The number of amides is 1. The highest BCUT2D eigenvalue weighted by Gasteiger charge is 2.29. The van der Waals surface area contributed by atoms with Gasteiger partial charge in [-0.3, -0.25) is 9.10 Å². The number of carbonyl (C=O) groups is 2. The van der Waals surface area contributed by atoms with Crippen molar-refractivity contribution < 1.29 is 41.7 Å². The number of hydrogen-bond acceptors (Lipinski definition) is 10. The molecule has 0 aliphatic carbocycles. The number of rotatable bonds is 11. The smallest absolute Gasteiger partial charge is 0.497 e. The molecule has 3 aromatic rings. The Morgan fingerprint density at radius 2 is 1.57 bits per heavy atom. The lowest BCUT2D eigenvalue weighted by Gasteiger charge is -2.25. The van der Waals surface area contributed by atoms with Crippen LogP contribution in [-0.2, 0) is 19.6 Å². The fraction of sp³-hybridized carbons (Fsp3) is 0.222. The minimum atomic E-state index is -4.19. The zero-order valence-electron chi connectivity index (χ0n) is 22.5. The van der Waals surface area contributed by atoms with Crippen LogP contribution in [0.1, 0.15) is 11.1 Å². The molecule has 3 rings (SSSR count). The molecule has 0 atom stereocenters. The molecule has 0 saturated carbocycles. The second kappa shape index (κ2) is 13.3. The third-order valence-electron chi connectivity index (χ3n) is 5.50. The summed E-state index contributed by atoms with van der Waals surface area (Å²) in [5.41, 5.74) is 3.84. The van der Waals surface area contributed by atoms with E-state index in [1.54, 1.807) is 24.3 Å². The molecule has 0 aliphatic heterocycles. The van der Waals surface area contributed by atoms with E-state index in [0.29, 0.717) is 11.3 Å². The second-order valence-electron chi connectivity index (χ2n) is 8.12. The van der Waals surface area contributed by atoms with E-state index in [-0.39, 0.29) is 27.8 Å². The van der Waals surface area contributed by atoms with Crippen LogP contribution in [0.2, 0.25) is 0 Å². The van der Waals surface area contributed by atoms with Crippen LogP contribution in [0.3, 0.4) is 0 Å². The summed E-state index contributed by atoms with van der Waals surface area (Å²) in [5, 5.41) is 3.92. The van der Waals surface area contributed by atoms with Gasteiger partial charge in [0.05, 0.1) is 45.2 Å². The maximum Gasteiger partial charge on any atom is 0.513 e. The molecular formula is C27H29N3O9S. The normalized spacial score (nSPS) is 11.0. The Morgan fingerprint density at radius 3 is 2.20 bits per heavy atom. The van der Waals surface area contributed by atoms with Gasteiger partial charge >= 0.3 is 6.16 Å². The molecule has 3 aromatic carbocycles. The standard InChI is InChI=1S/C27H29N3O9S/c1-18-6-10-21(11-7-18)40(33,34)30(22-12-9-20(35-2)15-24(22)36-3)17-26(31)29-28-16-19-8-13-23(25(14-19)37-4)39-27(32)38-5/h6-16H,17H2,1-5H3,(H,29,31)/b28-16+. The molecule has 0 unspecified atom stereocenters. The number of methoxy groups -OCH3 is 4. The first kappa shape index (κ1) is 29.8. The van der Waals surface area contributed by atoms with Crippen LogP contribution in [0.4, 0.5) is 10.5 Å². The highest BCUT2D eigenvalue weighted by atomic mass is 32.2. The van der Waals surface area contributed by atoms with Crippen molar-refractivity contribution in [3.05, 3.63) is 71.8 Å². The molecule has 1 N–H and O–H groups in total. The van der Waals surface area contributed by atoms with Crippen LogP contribution in [-0.4, -0.2) is 61.7 Å². The van der Waals surface area contributed by atoms with Gasteiger partial charge in [-0.2, -0.15) is 5.10 Å². The number of nitrogens with zero attached hydrogens (tertiary/aromatic N) is 2. The van der Waals surface area contributed by atoms with Crippen molar-refractivity contribution in [2.75, 3.05) is 39.3 Å². The number of aryl methyl sites for hydroxylation is 1. The van der Waals surface area contributed by atoms with Crippen LogP contribution in [0, 0.1) is 6.92 Å². The second-order valence-corrected chi connectivity index (χ2v) is 9.98. The third-order valence-corrected chi connectivity index (χ3v) is 7.28. The topological polar surface area (TPSA) is 142 Å². The van der Waals surface area contributed by atoms with Crippen molar-refractivity contribution in [1.29, 1.82) is 0 Å². The fourth-order valence-corrected chi connectivity index (χ4v) is 4.88. The molecule has 13 heteroatoms. The van der Waals surface area contributed by atoms with Gasteiger partial charge in [-0.25, -0.2) is 18.6 Å². The van der Waals surface area contributed by atoms with Gasteiger partial charge in [-0.05, 0) is 55.0 Å². The average Bonchev–Trinajstić information content (AvgIpc) is 2.96. The van der Waals surface area contributed by atoms with Gasteiger partial charge in [-0.15, -0.1) is 0 Å². The lowest BCUT2D eigenvalue weighted by Crippen LogP contribution is -2.39. The first-order valence-electron chi connectivity index (χ1n) is 11.7. The number of benzene rings is 3. The Balaban J connectivity index is 1.86. The molecule has 0 fully saturated rings. The summed E-state index contributed by atoms with van der Waals surface area (Å²) in [6, 6.07) is 15.4. The third kappa shape index (κ3) is 7.20. The Labute approximate surface area is 232 Å². The Bertz CT molecular complexity index is 1490. The van der Waals surface area contributed by atoms with Crippen molar-refractivity contribution in [3.63, 3.8) is 0 Å². The van der Waals surface area contributed by atoms with E-state index in [2.05, 4.69) is 15.3 Å². The molecule has 0 radical (unpaired) electrons. The fourth-order valence-electron chi connectivity index (χ4n) is 3.45. The summed E-state index contributed by atoms with van der Waals surface area (Å²) in [6.45, 7) is 1.23. The summed E-state index contributed by atoms with van der Waals surface area (Å²) in [6.07, 6.45) is 0.403. The molecule has 12 nitrogen and oxygen atoms in total. The Morgan fingerprint density at radius 1 is 0.875 bits per heavy atom. The van der Waals surface area contributed by atoms with Crippen LogP contribution < -0.4 is 28.7 Å². The van der Waals surface area contributed by atoms with Crippen molar-refractivity contribution in [3.8, 4) is 23.0 Å². The van der Waals surface area contributed by atoms with Gasteiger partial charge < -0.3 is 23.7 Å². The first-order chi connectivity index (χ1) is 19.1. The number of sulfonamides is 1. The van der Waals surface area contributed by atoms with E-state index in [9.17, 15) is 18.0 Å². The molecule has 0 aliphatic rings. The molecule has 212 valence electrons. The summed E-state index contributed by atoms with van der Waals surface area (Å²) < 4.78 is 53.5. The van der Waals surface area contributed by atoms with E-state index >= 15 is 0 Å². The molecule has 40 heavy (non-hydrogen) atoms. The van der Waals surface area contributed by atoms with E-state index in [1.807, 2.05) is 6.92 Å². The Kier molecular flexibility index (Phi) is 9.92. The van der Waals surface area contributed by atoms with Gasteiger partial charge in [0.15, 0.2) is 11.5 Å². The molecule has 0 heterocycles. The lowest BCUT2D eigenvalue weighted by atomic mass is 10.2. The summed E-state index contributed by atoms with van der Waals surface area (Å²) >= 11 is 0. The van der Waals surface area contributed by atoms with Crippen LogP contribution >= 0.6 is 0 Å². The zero-order valence-corrected chi connectivity index (χ0v) is 23.4. The van der Waals surface area contributed by atoms with E-state index in [4.69, 9.17) is 18.9 Å². The molecule has 0 saturated heterocycles. The number of hydrogen-bond donors (Lipinski definition) is 1. The number of ether oxygens (including phenoxy) is 5. The predicted molar refractivity (Wildman–Crippen MR) is 147 cm³/mol. The SMILES string of the molecule is COC(=O)Oc1ccc(/C=N/NC(=O)CN(c2ccc(OC)cc2OC)S(=O)(=O)c2ccc(C)cc2)cc1OC. The maximum atomic E-state index is 13.7. The Hall–Kier alpha value is -4.78. The first-order valence-corrected chi connectivity index (χ1v) is 13.1. The minimum Gasteiger partial charge on any atom is -0.497 e. The lowest BCUT2D eigenvalue weighted by molar-refractivity contribution is -0.119. The number of carbonyl (C=O) groups excluding carboxylic acids is 2. The molecule has 0 bridgehead atoms. The van der Waals surface area contributed by atoms with E-state index in [1.165, 1.54) is 71.1 Å². The van der Waals surface area contributed by atoms with Crippen molar-refractivity contribution in [1.82, 2.24) is 5.43 Å². The van der Waals surface area contributed by atoms with Gasteiger partial charge in [0.1, 0.15) is 18.0 Å². The molecular weight excluding hydrogens is 542 g/mol. The summed E-state index contributed by atoms with van der Waals surface area (Å²) in [4.78, 5) is 24.3. The van der Waals surface area contributed by atoms with Gasteiger partial charge in [0.25, 0.3) is 15.9 Å². The highest BCUT2D eigenvalue weighted by Crippen LogP contribution is 2.35. The van der Waals surface area contributed by atoms with Crippen LogP contribution in [0.25, 0.3) is 0 Å². The van der Waals surface area contributed by atoms with Gasteiger partial charge in [-0.1, -0.05) is 17.7 Å². The molecule has 1 amide bonds. The summed E-state index contributed by atoms with van der Waals surface area (Å²) in [5.74, 6) is 0.263. The van der Waals surface area contributed by atoms with Crippen LogP contribution in [0.5, 0.6) is 23.0 Å². The minimum absolute atomic E-state index is 0.00590. The van der Waals surface area contributed by atoms with Crippen molar-refractivity contribution in [2.45, 2.75) is 11.8 Å². The number of nitrogens with one attached hydrogen (secondary N) is 1. The quantitative estimate of drug-likeness (QED) is 0.158. The van der Waals surface area contributed by atoms with E-state index < -0.39 is 28.6 Å². The van der Waals surface area contributed by atoms with E-state index in [0.717, 1.165) is 9.87 Å². The monoisotopic (exact) mass is 571 g/mol. The zero-order chi connectivity index (χ0) is 29.3.